The lowest BCUT2D eigenvalue weighted by molar-refractivity contribution is 0.503. The first kappa shape index (κ1) is 11.2. The van der Waals surface area contributed by atoms with Crippen LogP contribution in [0.1, 0.15) is 5.56 Å². The SMILES string of the molecule is ClSCc1ccccc1.N#CO. The number of halogens is 1. The zero-order valence-corrected chi connectivity index (χ0v) is 7.85. The second-order valence-corrected chi connectivity index (χ2v) is 3.00. The summed E-state index contributed by atoms with van der Waals surface area (Å²) < 4.78 is 0. The van der Waals surface area contributed by atoms with Crippen molar-refractivity contribution in [3.8, 4) is 6.26 Å². The van der Waals surface area contributed by atoms with Gasteiger partial charge in [-0.15, -0.1) is 0 Å². The average molecular weight is 202 g/mol. The first-order valence-corrected chi connectivity index (χ1v) is 4.97. The van der Waals surface area contributed by atoms with Gasteiger partial charge >= 0.3 is 0 Å². The van der Waals surface area contributed by atoms with E-state index in [-0.39, 0.29) is 0 Å². The van der Waals surface area contributed by atoms with Crippen LogP contribution in [0.15, 0.2) is 30.3 Å². The van der Waals surface area contributed by atoms with Crippen LogP contribution in [0.25, 0.3) is 0 Å². The molecule has 1 aromatic carbocycles. The van der Waals surface area contributed by atoms with E-state index in [4.69, 9.17) is 21.1 Å². The highest BCUT2D eigenvalue weighted by molar-refractivity contribution is 8.20. The fraction of sp³-hybridized carbons (Fsp3) is 0.125. The van der Waals surface area contributed by atoms with Crippen molar-refractivity contribution in [2.24, 2.45) is 0 Å². The molecule has 1 rings (SSSR count). The first-order valence-electron chi connectivity index (χ1n) is 3.15. The van der Waals surface area contributed by atoms with E-state index in [1.54, 1.807) is 0 Å². The Morgan fingerprint density at radius 3 is 2.33 bits per heavy atom. The number of aliphatic hydroxyl groups is 1. The average Bonchev–Trinajstić information content (AvgIpc) is 2.08. The summed E-state index contributed by atoms with van der Waals surface area (Å²) in [6, 6.07) is 10.2. The Morgan fingerprint density at radius 1 is 1.42 bits per heavy atom. The van der Waals surface area contributed by atoms with E-state index in [1.807, 2.05) is 18.2 Å². The topological polar surface area (TPSA) is 44.0 Å². The first-order chi connectivity index (χ1) is 5.85. The molecule has 0 aliphatic heterocycles. The molecular weight excluding hydrogens is 194 g/mol. The van der Waals surface area contributed by atoms with E-state index in [1.165, 1.54) is 16.5 Å². The van der Waals surface area contributed by atoms with Gasteiger partial charge in [0.15, 0.2) is 0 Å². The molecule has 0 atom stereocenters. The van der Waals surface area contributed by atoms with Crippen LogP contribution < -0.4 is 0 Å². The standard InChI is InChI=1S/C7H7ClS.CHNO/c8-9-6-7-4-2-1-3-5-7;2-1-3/h1-5H,6H2;3H. The summed E-state index contributed by atoms with van der Waals surface area (Å²) >= 11 is 0. The van der Waals surface area contributed by atoms with Gasteiger partial charge in [0, 0.05) is 5.75 Å². The highest BCUT2D eigenvalue weighted by atomic mass is 35.7. The van der Waals surface area contributed by atoms with Crippen molar-refractivity contribution in [1.82, 2.24) is 0 Å². The maximum absolute atomic E-state index is 6.88. The normalized spacial score (nSPS) is 7.67. The summed E-state index contributed by atoms with van der Waals surface area (Å²) in [6.45, 7) is 0. The summed E-state index contributed by atoms with van der Waals surface area (Å²) in [5, 5.41) is 13.8. The maximum atomic E-state index is 6.88. The molecule has 0 bridgehead atoms. The number of aliphatic hydroxyl groups excluding tert-OH is 1. The Bertz CT molecular complexity index is 235. The van der Waals surface area contributed by atoms with Crippen molar-refractivity contribution >= 4 is 21.7 Å². The fourth-order valence-electron chi connectivity index (χ4n) is 0.637. The van der Waals surface area contributed by atoms with E-state index >= 15 is 0 Å². The molecular formula is C8H8ClNOS. The van der Waals surface area contributed by atoms with E-state index in [9.17, 15) is 0 Å². The van der Waals surface area contributed by atoms with Gasteiger partial charge in [0.1, 0.15) is 0 Å². The minimum atomic E-state index is 0.750. The van der Waals surface area contributed by atoms with Crippen LogP contribution in [0.2, 0.25) is 0 Å². The van der Waals surface area contributed by atoms with Crippen molar-refractivity contribution in [2.45, 2.75) is 5.75 Å². The van der Waals surface area contributed by atoms with E-state index in [0.717, 1.165) is 12.0 Å². The van der Waals surface area contributed by atoms with Gasteiger partial charge in [-0.1, -0.05) is 41.3 Å². The van der Waals surface area contributed by atoms with Gasteiger partial charge in [0.25, 0.3) is 6.26 Å². The summed E-state index contributed by atoms with van der Waals surface area (Å²) in [4.78, 5) is 0. The van der Waals surface area contributed by atoms with Gasteiger partial charge in [-0.2, -0.15) is 5.26 Å². The maximum Gasteiger partial charge on any atom is 0.283 e. The van der Waals surface area contributed by atoms with Crippen LogP contribution in [-0.2, 0) is 5.75 Å². The molecule has 0 spiro atoms. The summed E-state index contributed by atoms with van der Waals surface area (Å²) in [5.74, 6) is 0.891. The number of hydrogen-bond donors (Lipinski definition) is 1. The quantitative estimate of drug-likeness (QED) is 0.749. The van der Waals surface area contributed by atoms with Crippen LogP contribution in [0.3, 0.4) is 0 Å². The highest BCUT2D eigenvalue weighted by Crippen LogP contribution is 2.14. The van der Waals surface area contributed by atoms with Crippen LogP contribution in [0, 0.1) is 11.5 Å². The molecule has 0 heterocycles. The molecule has 0 amide bonds. The third kappa shape index (κ3) is 5.90. The lowest BCUT2D eigenvalue weighted by Crippen LogP contribution is -1.73. The molecule has 0 aliphatic rings. The Labute approximate surface area is 80.3 Å². The molecule has 0 saturated carbocycles. The van der Waals surface area contributed by atoms with E-state index < -0.39 is 0 Å². The third-order valence-electron chi connectivity index (χ3n) is 1.06. The van der Waals surface area contributed by atoms with Gasteiger partial charge in [0.05, 0.1) is 0 Å². The Hall–Kier alpha value is -0.850. The zero-order valence-electron chi connectivity index (χ0n) is 6.27. The van der Waals surface area contributed by atoms with Crippen molar-refractivity contribution < 1.29 is 5.11 Å². The van der Waals surface area contributed by atoms with Crippen molar-refractivity contribution in [3.05, 3.63) is 35.9 Å². The second-order valence-electron chi connectivity index (χ2n) is 1.84. The van der Waals surface area contributed by atoms with Gasteiger partial charge < -0.3 is 5.11 Å². The van der Waals surface area contributed by atoms with Crippen LogP contribution in [0.4, 0.5) is 0 Å². The summed E-state index contributed by atoms with van der Waals surface area (Å²) in [6.07, 6.45) is 0.750. The number of nitrogens with zero attached hydrogens (tertiary/aromatic N) is 1. The molecule has 0 saturated heterocycles. The van der Waals surface area contributed by atoms with Gasteiger partial charge in [-0.3, -0.25) is 0 Å². The molecule has 0 aliphatic carbocycles. The predicted octanol–water partition coefficient (Wildman–Crippen LogP) is 2.91. The Kier molecular flexibility index (Phi) is 7.66. The Balaban J connectivity index is 0.000000354. The van der Waals surface area contributed by atoms with E-state index in [0.29, 0.717) is 0 Å². The largest absolute Gasteiger partial charge is 0.443 e. The molecule has 2 nitrogen and oxygen atoms in total. The molecule has 0 aromatic heterocycles. The number of benzene rings is 1. The molecule has 1 aromatic rings. The molecule has 4 heteroatoms. The van der Waals surface area contributed by atoms with Gasteiger partial charge in [-0.05, 0) is 16.2 Å². The lowest BCUT2D eigenvalue weighted by Gasteiger charge is -1.92. The van der Waals surface area contributed by atoms with Gasteiger partial charge in [-0.25, -0.2) is 0 Å². The zero-order chi connectivity index (χ0) is 9.23. The number of hydrogen-bond acceptors (Lipinski definition) is 3. The molecule has 0 fully saturated rings. The molecule has 0 unspecified atom stereocenters. The van der Waals surface area contributed by atoms with E-state index in [2.05, 4.69) is 12.1 Å². The molecule has 64 valence electrons. The van der Waals surface area contributed by atoms with Crippen LogP contribution in [-0.4, -0.2) is 5.11 Å². The van der Waals surface area contributed by atoms with Crippen molar-refractivity contribution in [3.63, 3.8) is 0 Å². The molecule has 1 N–H and O–H groups in total. The van der Waals surface area contributed by atoms with Crippen molar-refractivity contribution in [2.75, 3.05) is 0 Å². The van der Waals surface area contributed by atoms with Gasteiger partial charge in [0.2, 0.25) is 0 Å². The number of rotatable bonds is 2. The smallest absolute Gasteiger partial charge is 0.283 e. The summed E-state index contributed by atoms with van der Waals surface area (Å²) in [5.41, 5.74) is 1.28. The summed E-state index contributed by atoms with van der Waals surface area (Å²) in [7, 11) is 6.78. The molecule has 12 heavy (non-hydrogen) atoms. The van der Waals surface area contributed by atoms with Crippen LogP contribution >= 0.6 is 21.7 Å². The number of nitriles is 1. The monoisotopic (exact) mass is 201 g/mol. The Morgan fingerprint density at radius 2 is 1.92 bits per heavy atom. The highest BCUT2D eigenvalue weighted by Gasteiger charge is 1.86. The minimum Gasteiger partial charge on any atom is -0.443 e. The lowest BCUT2D eigenvalue weighted by atomic mass is 10.2. The van der Waals surface area contributed by atoms with Crippen molar-refractivity contribution in [1.29, 1.82) is 5.26 Å². The minimum absolute atomic E-state index is 0.750. The molecule has 0 radical (unpaired) electrons. The predicted molar refractivity (Wildman–Crippen MR) is 51.1 cm³/mol. The third-order valence-corrected chi connectivity index (χ3v) is 1.83. The second kappa shape index (κ2) is 8.25. The fourth-order valence-corrected chi connectivity index (χ4v) is 1.33. The van der Waals surface area contributed by atoms with Crippen LogP contribution in [0.5, 0.6) is 0 Å².